The molecule has 1 unspecified atom stereocenters. The van der Waals surface area contributed by atoms with Crippen LogP contribution in [0.4, 0.5) is 10.7 Å². The summed E-state index contributed by atoms with van der Waals surface area (Å²) in [7, 11) is 0. The zero-order valence-electron chi connectivity index (χ0n) is 9.83. The summed E-state index contributed by atoms with van der Waals surface area (Å²) in [6.07, 6.45) is 3.86. The molecular formula is C10H13N5O3. The van der Waals surface area contributed by atoms with Gasteiger partial charge in [-0.25, -0.2) is 14.6 Å². The van der Waals surface area contributed by atoms with Crippen LogP contribution in [0.15, 0.2) is 12.4 Å². The molecule has 2 N–H and O–H groups in total. The maximum atomic E-state index is 12.0. The van der Waals surface area contributed by atoms with Gasteiger partial charge in [0.25, 0.3) is 5.95 Å². The van der Waals surface area contributed by atoms with Crippen LogP contribution in [0.25, 0.3) is 0 Å². The smallest absolute Gasteiger partial charge is 0.329 e. The molecule has 1 fully saturated rings. The van der Waals surface area contributed by atoms with E-state index in [0.717, 1.165) is 0 Å². The van der Waals surface area contributed by atoms with Crippen LogP contribution in [-0.4, -0.2) is 49.3 Å². The van der Waals surface area contributed by atoms with Crippen molar-refractivity contribution in [3.63, 3.8) is 0 Å². The predicted molar refractivity (Wildman–Crippen MR) is 60.8 cm³/mol. The average molecular weight is 251 g/mol. The molecule has 96 valence electrons. The van der Waals surface area contributed by atoms with Crippen LogP contribution < -0.4 is 5.32 Å². The third-order valence-electron chi connectivity index (χ3n) is 3.05. The van der Waals surface area contributed by atoms with Crippen molar-refractivity contribution in [2.45, 2.75) is 25.3 Å². The minimum atomic E-state index is -1.17. The van der Waals surface area contributed by atoms with Crippen molar-refractivity contribution in [3.8, 4) is 0 Å². The lowest BCUT2D eigenvalue weighted by Crippen LogP contribution is -2.52. The second-order valence-electron chi connectivity index (χ2n) is 4.23. The van der Waals surface area contributed by atoms with E-state index in [0.29, 0.717) is 19.4 Å². The standard InChI is InChI=1S/C10H13N5O3/c1-10(7(16)17)3-2-6-15(10)9(18)13-8-11-4-5-12-14-8/h4-5H,2-3,6H2,1H3,(H,16,17)(H,11,13,14,18). The van der Waals surface area contributed by atoms with Gasteiger partial charge in [0.1, 0.15) is 5.54 Å². The fraction of sp³-hybridized carbons (Fsp3) is 0.500. The lowest BCUT2D eigenvalue weighted by atomic mass is 10.00. The van der Waals surface area contributed by atoms with E-state index in [9.17, 15) is 14.7 Å². The second kappa shape index (κ2) is 4.55. The molecule has 0 bridgehead atoms. The quantitative estimate of drug-likeness (QED) is 0.784. The molecule has 18 heavy (non-hydrogen) atoms. The molecule has 1 atom stereocenters. The first-order valence-corrected chi connectivity index (χ1v) is 5.50. The summed E-state index contributed by atoms with van der Waals surface area (Å²) in [5, 5.41) is 18.8. The number of nitrogens with zero attached hydrogens (tertiary/aromatic N) is 4. The molecule has 8 nitrogen and oxygen atoms in total. The van der Waals surface area contributed by atoms with Crippen molar-refractivity contribution in [2.75, 3.05) is 11.9 Å². The summed E-state index contributed by atoms with van der Waals surface area (Å²) in [6.45, 7) is 1.93. The molecular weight excluding hydrogens is 238 g/mol. The number of anilines is 1. The van der Waals surface area contributed by atoms with Crippen LogP contribution in [0, 0.1) is 0 Å². The van der Waals surface area contributed by atoms with E-state index in [1.54, 1.807) is 0 Å². The minimum absolute atomic E-state index is 0.0575. The number of amides is 2. The zero-order valence-corrected chi connectivity index (χ0v) is 9.83. The Kier molecular flexibility index (Phi) is 3.09. The van der Waals surface area contributed by atoms with E-state index in [1.165, 1.54) is 24.2 Å². The SMILES string of the molecule is CC1(C(=O)O)CCCN1C(=O)Nc1nccnn1. The molecule has 0 saturated carbocycles. The van der Waals surface area contributed by atoms with Crippen LogP contribution in [0.5, 0.6) is 0 Å². The topological polar surface area (TPSA) is 108 Å². The molecule has 2 rings (SSSR count). The van der Waals surface area contributed by atoms with Crippen molar-refractivity contribution in [1.29, 1.82) is 0 Å². The molecule has 2 heterocycles. The van der Waals surface area contributed by atoms with Crippen LogP contribution in [0.2, 0.25) is 0 Å². The van der Waals surface area contributed by atoms with Gasteiger partial charge in [-0.15, -0.1) is 5.10 Å². The molecule has 8 heteroatoms. The highest BCUT2D eigenvalue weighted by atomic mass is 16.4. The number of aliphatic carboxylic acids is 1. The number of urea groups is 1. The molecule has 2 amide bonds. The first kappa shape index (κ1) is 12.2. The first-order valence-electron chi connectivity index (χ1n) is 5.50. The fourth-order valence-corrected chi connectivity index (χ4v) is 1.98. The van der Waals surface area contributed by atoms with Crippen molar-refractivity contribution in [2.24, 2.45) is 0 Å². The number of carbonyl (C=O) groups is 2. The van der Waals surface area contributed by atoms with E-state index in [-0.39, 0.29) is 5.95 Å². The number of nitrogens with one attached hydrogen (secondary N) is 1. The Morgan fingerprint density at radius 3 is 2.89 bits per heavy atom. The molecule has 0 radical (unpaired) electrons. The highest BCUT2D eigenvalue weighted by Crippen LogP contribution is 2.29. The fourth-order valence-electron chi connectivity index (χ4n) is 1.98. The van der Waals surface area contributed by atoms with Gasteiger partial charge in [-0.2, -0.15) is 5.10 Å². The Hall–Kier alpha value is -2.25. The maximum absolute atomic E-state index is 12.0. The third kappa shape index (κ3) is 2.08. The Bertz CT molecular complexity index is 466. The van der Waals surface area contributed by atoms with E-state index in [1.807, 2.05) is 0 Å². The molecule has 0 aromatic carbocycles. The summed E-state index contributed by atoms with van der Waals surface area (Å²) in [4.78, 5) is 28.3. The third-order valence-corrected chi connectivity index (χ3v) is 3.05. The van der Waals surface area contributed by atoms with Crippen LogP contribution in [-0.2, 0) is 4.79 Å². The average Bonchev–Trinajstić information content (AvgIpc) is 2.74. The molecule has 1 aliphatic heterocycles. The lowest BCUT2D eigenvalue weighted by Gasteiger charge is -2.30. The first-order chi connectivity index (χ1) is 8.54. The monoisotopic (exact) mass is 251 g/mol. The number of aromatic nitrogens is 3. The summed E-state index contributed by atoms with van der Waals surface area (Å²) < 4.78 is 0. The highest BCUT2D eigenvalue weighted by Gasteiger charge is 2.46. The summed E-state index contributed by atoms with van der Waals surface area (Å²) in [5.41, 5.74) is -1.17. The Balaban J connectivity index is 2.12. The van der Waals surface area contributed by atoms with E-state index in [2.05, 4.69) is 20.5 Å². The van der Waals surface area contributed by atoms with Crippen molar-refractivity contribution >= 4 is 17.9 Å². The summed E-state index contributed by atoms with van der Waals surface area (Å²) >= 11 is 0. The van der Waals surface area contributed by atoms with Gasteiger partial charge in [-0.1, -0.05) is 0 Å². The summed E-state index contributed by atoms with van der Waals surface area (Å²) in [6, 6.07) is -0.523. The van der Waals surface area contributed by atoms with E-state index >= 15 is 0 Å². The van der Waals surface area contributed by atoms with Gasteiger partial charge in [0.2, 0.25) is 0 Å². The van der Waals surface area contributed by atoms with Crippen LogP contribution >= 0.6 is 0 Å². The number of hydrogen-bond donors (Lipinski definition) is 2. The number of likely N-dealkylation sites (tertiary alicyclic amines) is 1. The van der Waals surface area contributed by atoms with Crippen LogP contribution in [0.3, 0.4) is 0 Å². The van der Waals surface area contributed by atoms with Gasteiger partial charge in [0.15, 0.2) is 0 Å². The van der Waals surface area contributed by atoms with Crippen molar-refractivity contribution in [1.82, 2.24) is 20.1 Å². The van der Waals surface area contributed by atoms with Gasteiger partial charge in [0, 0.05) is 6.54 Å². The molecule has 1 aromatic rings. The number of carboxylic acids is 1. The molecule has 1 aliphatic rings. The number of rotatable bonds is 2. The Morgan fingerprint density at radius 2 is 2.28 bits per heavy atom. The van der Waals surface area contributed by atoms with E-state index in [4.69, 9.17) is 0 Å². The Labute approximate surface area is 103 Å². The second-order valence-corrected chi connectivity index (χ2v) is 4.23. The lowest BCUT2D eigenvalue weighted by molar-refractivity contribution is -0.146. The maximum Gasteiger partial charge on any atom is 0.329 e. The van der Waals surface area contributed by atoms with Crippen molar-refractivity contribution in [3.05, 3.63) is 12.4 Å². The van der Waals surface area contributed by atoms with E-state index < -0.39 is 17.5 Å². The van der Waals surface area contributed by atoms with Crippen LogP contribution in [0.1, 0.15) is 19.8 Å². The van der Waals surface area contributed by atoms with Gasteiger partial charge in [-0.05, 0) is 19.8 Å². The zero-order chi connectivity index (χ0) is 13.2. The number of carbonyl (C=O) groups excluding carboxylic acids is 1. The van der Waals surface area contributed by atoms with Gasteiger partial charge in [0.05, 0.1) is 12.4 Å². The highest BCUT2D eigenvalue weighted by molar-refractivity contribution is 5.93. The molecule has 1 saturated heterocycles. The predicted octanol–water partition coefficient (Wildman–Crippen LogP) is 0.343. The van der Waals surface area contributed by atoms with Crippen molar-refractivity contribution < 1.29 is 14.7 Å². The normalized spacial score (nSPS) is 22.8. The van der Waals surface area contributed by atoms with Gasteiger partial charge >= 0.3 is 12.0 Å². The number of hydrogen-bond acceptors (Lipinski definition) is 5. The largest absolute Gasteiger partial charge is 0.480 e. The Morgan fingerprint density at radius 1 is 1.50 bits per heavy atom. The summed E-state index contributed by atoms with van der Waals surface area (Å²) in [5.74, 6) is -0.954. The van der Waals surface area contributed by atoms with Gasteiger partial charge in [-0.3, -0.25) is 5.32 Å². The molecule has 0 aliphatic carbocycles. The minimum Gasteiger partial charge on any atom is -0.480 e. The molecule has 0 spiro atoms. The molecule has 1 aromatic heterocycles. The van der Waals surface area contributed by atoms with Gasteiger partial charge < -0.3 is 10.0 Å². The number of carboxylic acid groups (broad SMARTS) is 1.